The number of non-ortho nitro benzene ring substituents is 1. The second kappa shape index (κ2) is 7.45. The standard InChI is InChI=1S/C15H21FN2O5S/c1-14(2,3)24(22)17-15(4,9-13(19)23-5)11-8-10(18(20)21)6-7-12(11)16/h6-8,17H,9H2,1-5H3/t15?,24-/m1/s1. The van der Waals surface area contributed by atoms with Crippen LogP contribution in [0.25, 0.3) is 0 Å². The van der Waals surface area contributed by atoms with Crippen LogP contribution in [-0.2, 0) is 26.4 Å². The average Bonchev–Trinajstić information content (AvgIpc) is 2.45. The number of rotatable bonds is 6. The Labute approximate surface area is 143 Å². The number of benzene rings is 1. The molecule has 9 heteroatoms. The molecule has 134 valence electrons. The molecule has 0 aliphatic carbocycles. The van der Waals surface area contributed by atoms with E-state index in [1.165, 1.54) is 14.0 Å². The number of hydrogen-bond donors (Lipinski definition) is 1. The highest BCUT2D eigenvalue weighted by Gasteiger charge is 2.41. The largest absolute Gasteiger partial charge is 0.598 e. The van der Waals surface area contributed by atoms with Gasteiger partial charge in [0.2, 0.25) is 0 Å². The molecule has 24 heavy (non-hydrogen) atoms. The van der Waals surface area contributed by atoms with Gasteiger partial charge in [0.05, 0.1) is 24.0 Å². The molecule has 1 unspecified atom stereocenters. The van der Waals surface area contributed by atoms with Gasteiger partial charge in [-0.05, 0) is 33.8 Å². The van der Waals surface area contributed by atoms with E-state index in [2.05, 4.69) is 9.46 Å². The van der Waals surface area contributed by atoms with Gasteiger partial charge in [0.1, 0.15) is 10.6 Å². The fraction of sp³-hybridized carbons (Fsp3) is 0.533. The third-order valence-electron chi connectivity index (χ3n) is 3.35. The van der Waals surface area contributed by atoms with Crippen LogP contribution in [0.15, 0.2) is 18.2 Å². The molecule has 2 atom stereocenters. The summed E-state index contributed by atoms with van der Waals surface area (Å²) in [5, 5.41) is 11.0. The Hall–Kier alpha value is -1.71. The summed E-state index contributed by atoms with van der Waals surface area (Å²) >= 11 is -1.65. The van der Waals surface area contributed by atoms with E-state index in [4.69, 9.17) is 0 Å². The van der Waals surface area contributed by atoms with E-state index in [1.807, 2.05) is 0 Å². The second-order valence-electron chi connectivity index (χ2n) is 6.49. The molecule has 0 amide bonds. The minimum atomic E-state index is -1.65. The van der Waals surface area contributed by atoms with Crippen molar-refractivity contribution in [2.24, 2.45) is 0 Å². The van der Waals surface area contributed by atoms with Crippen LogP contribution >= 0.6 is 0 Å². The minimum absolute atomic E-state index is 0.125. The Balaban J connectivity index is 3.39. The summed E-state index contributed by atoms with van der Waals surface area (Å²) in [6.07, 6.45) is -0.344. The van der Waals surface area contributed by atoms with Crippen LogP contribution in [0.4, 0.5) is 10.1 Å². The normalized spacial score (nSPS) is 15.5. The van der Waals surface area contributed by atoms with E-state index in [0.717, 1.165) is 18.2 Å². The molecule has 7 nitrogen and oxygen atoms in total. The van der Waals surface area contributed by atoms with Gasteiger partial charge in [-0.25, -0.2) is 4.39 Å². The maximum atomic E-state index is 14.3. The predicted octanol–water partition coefficient (Wildman–Crippen LogP) is 2.56. The maximum Gasteiger partial charge on any atom is 0.307 e. The number of nitro benzene ring substituents is 1. The van der Waals surface area contributed by atoms with Gasteiger partial charge < -0.3 is 9.29 Å². The van der Waals surface area contributed by atoms with Gasteiger partial charge in [-0.1, -0.05) is 0 Å². The number of carbonyl (C=O) groups is 1. The summed E-state index contributed by atoms with van der Waals surface area (Å²) in [6, 6.07) is 3.01. The van der Waals surface area contributed by atoms with Gasteiger partial charge in [-0.2, -0.15) is 0 Å². The van der Waals surface area contributed by atoms with Crippen molar-refractivity contribution < 1.29 is 23.4 Å². The second-order valence-corrected chi connectivity index (χ2v) is 8.46. The van der Waals surface area contributed by atoms with Crippen LogP contribution in [0.2, 0.25) is 0 Å². The van der Waals surface area contributed by atoms with Gasteiger partial charge in [-0.3, -0.25) is 14.9 Å². The summed E-state index contributed by atoms with van der Waals surface area (Å²) in [4.78, 5) is 22.0. The van der Waals surface area contributed by atoms with Crippen molar-refractivity contribution >= 4 is 23.0 Å². The number of nitrogens with zero attached hydrogens (tertiary/aromatic N) is 1. The molecule has 0 bridgehead atoms. The van der Waals surface area contributed by atoms with E-state index >= 15 is 0 Å². The monoisotopic (exact) mass is 360 g/mol. The van der Waals surface area contributed by atoms with E-state index in [-0.39, 0.29) is 17.7 Å². The first-order valence-corrected chi connectivity index (χ1v) is 8.26. The molecule has 0 radical (unpaired) electrons. The number of esters is 1. The molecule has 0 saturated heterocycles. The van der Waals surface area contributed by atoms with E-state index in [1.54, 1.807) is 20.8 Å². The molecular weight excluding hydrogens is 339 g/mol. The van der Waals surface area contributed by atoms with E-state index < -0.39 is 38.4 Å². The zero-order valence-corrected chi connectivity index (χ0v) is 15.0. The van der Waals surface area contributed by atoms with E-state index in [9.17, 15) is 23.9 Å². The van der Waals surface area contributed by atoms with Crippen LogP contribution in [0.5, 0.6) is 0 Å². The lowest BCUT2D eigenvalue weighted by Gasteiger charge is -2.34. The van der Waals surface area contributed by atoms with Crippen LogP contribution in [0.1, 0.15) is 39.7 Å². The first kappa shape index (κ1) is 20.3. The highest BCUT2D eigenvalue weighted by molar-refractivity contribution is 7.90. The number of ether oxygens (including phenoxy) is 1. The fourth-order valence-corrected chi connectivity index (χ4v) is 2.85. The van der Waals surface area contributed by atoms with Crippen LogP contribution in [0.3, 0.4) is 0 Å². The number of nitrogens with one attached hydrogen (secondary N) is 1. The highest BCUT2D eigenvalue weighted by Crippen LogP contribution is 2.33. The molecule has 0 aliphatic heterocycles. The third kappa shape index (κ3) is 4.89. The quantitative estimate of drug-likeness (QED) is 0.362. The Kier molecular flexibility index (Phi) is 6.32. The zero-order chi connectivity index (χ0) is 18.7. The number of carbonyl (C=O) groups excluding carboxylic acids is 1. The van der Waals surface area contributed by atoms with Gasteiger partial charge in [-0.15, -0.1) is 4.72 Å². The maximum absolute atomic E-state index is 14.3. The topological polar surface area (TPSA) is 105 Å². The van der Waals surface area contributed by atoms with Gasteiger partial charge in [0.15, 0.2) is 0 Å². The molecule has 0 fully saturated rings. The van der Waals surface area contributed by atoms with Gasteiger partial charge in [0, 0.05) is 29.1 Å². The Bertz CT molecular complexity index is 635. The SMILES string of the molecule is COC(=O)CC(C)(N[S@+]([O-])C(C)(C)C)c1cc([N+](=O)[O-])ccc1F. The summed E-state index contributed by atoms with van der Waals surface area (Å²) in [6.45, 7) is 6.57. The van der Waals surface area contributed by atoms with Crippen molar-refractivity contribution in [3.8, 4) is 0 Å². The lowest BCUT2D eigenvalue weighted by molar-refractivity contribution is -0.385. The number of hydrogen-bond acceptors (Lipinski definition) is 6. The van der Waals surface area contributed by atoms with Crippen LogP contribution in [0, 0.1) is 15.9 Å². The molecule has 0 aliphatic rings. The van der Waals surface area contributed by atoms with Crippen LogP contribution < -0.4 is 4.72 Å². The molecule has 0 heterocycles. The first-order chi connectivity index (χ1) is 10.9. The zero-order valence-electron chi connectivity index (χ0n) is 14.2. The van der Waals surface area contributed by atoms with Crippen molar-refractivity contribution in [1.29, 1.82) is 0 Å². The van der Waals surface area contributed by atoms with Crippen molar-refractivity contribution in [3.05, 3.63) is 39.7 Å². The Morgan fingerprint density at radius 2 is 1.96 bits per heavy atom. The summed E-state index contributed by atoms with van der Waals surface area (Å²) in [5.74, 6) is -1.41. The molecular formula is C15H21FN2O5S. The predicted molar refractivity (Wildman–Crippen MR) is 88.1 cm³/mol. The average molecular weight is 360 g/mol. The smallest absolute Gasteiger partial charge is 0.307 e. The number of methoxy groups -OCH3 is 1. The molecule has 1 N–H and O–H groups in total. The molecule has 0 aromatic heterocycles. The van der Waals surface area contributed by atoms with E-state index in [0.29, 0.717) is 0 Å². The lowest BCUT2D eigenvalue weighted by Crippen LogP contribution is -2.51. The fourth-order valence-electron chi connectivity index (χ4n) is 1.95. The van der Waals surface area contributed by atoms with Crippen molar-refractivity contribution in [1.82, 2.24) is 4.72 Å². The summed E-state index contributed by atoms with van der Waals surface area (Å²) in [5.41, 5.74) is -1.90. The Morgan fingerprint density at radius 3 is 2.42 bits per heavy atom. The Morgan fingerprint density at radius 1 is 1.38 bits per heavy atom. The van der Waals surface area contributed by atoms with Gasteiger partial charge in [0.25, 0.3) is 5.69 Å². The van der Waals surface area contributed by atoms with Crippen molar-refractivity contribution in [2.45, 2.75) is 44.4 Å². The third-order valence-corrected chi connectivity index (χ3v) is 5.10. The van der Waals surface area contributed by atoms with Crippen LogP contribution in [-0.4, -0.2) is 27.3 Å². The number of halogens is 1. The minimum Gasteiger partial charge on any atom is -0.598 e. The van der Waals surface area contributed by atoms with Gasteiger partial charge >= 0.3 is 5.97 Å². The molecule has 1 aromatic carbocycles. The summed E-state index contributed by atoms with van der Waals surface area (Å²) in [7, 11) is 1.17. The van der Waals surface area contributed by atoms with Crippen molar-refractivity contribution in [2.75, 3.05) is 7.11 Å². The summed E-state index contributed by atoms with van der Waals surface area (Å²) < 4.78 is 33.4. The highest BCUT2D eigenvalue weighted by atomic mass is 32.2. The van der Waals surface area contributed by atoms with Crippen molar-refractivity contribution in [3.63, 3.8) is 0 Å². The molecule has 0 saturated carbocycles. The molecule has 1 aromatic rings. The lowest BCUT2D eigenvalue weighted by atomic mass is 9.89. The molecule has 1 rings (SSSR count). The molecule has 0 spiro atoms. The first-order valence-electron chi connectivity index (χ1n) is 7.11. The number of nitro groups is 1.